The van der Waals surface area contributed by atoms with Crippen LogP contribution in [0, 0.1) is 0 Å². The largest absolute Gasteiger partial charge is 0.0616 e. The molecule has 2 aliphatic rings. The van der Waals surface area contributed by atoms with Crippen LogP contribution in [0.15, 0.2) is 158 Å². The maximum Gasteiger partial charge on any atom is -0.00139 e. The van der Waals surface area contributed by atoms with Crippen molar-refractivity contribution in [3.63, 3.8) is 0 Å². The van der Waals surface area contributed by atoms with E-state index < -0.39 is 0 Å². The van der Waals surface area contributed by atoms with Crippen molar-refractivity contribution in [3.05, 3.63) is 158 Å². The van der Waals surface area contributed by atoms with E-state index >= 15 is 0 Å². The first-order valence-corrected chi connectivity index (χ1v) is 16.9. The smallest absolute Gasteiger partial charge is 0.00139 e. The fourth-order valence-electron chi connectivity index (χ4n) is 9.26. The Morgan fingerprint density at radius 2 is 0.583 bits per heavy atom. The Morgan fingerprint density at radius 3 is 1.17 bits per heavy atom. The molecule has 0 saturated heterocycles. The molecule has 0 unspecified atom stereocenters. The zero-order chi connectivity index (χ0) is 31.1. The fourth-order valence-corrected chi connectivity index (χ4v) is 9.26. The lowest BCUT2D eigenvalue weighted by Crippen LogP contribution is -1.89. The molecule has 48 heavy (non-hydrogen) atoms. The minimum atomic E-state index is 1.23. The maximum absolute atomic E-state index is 2.35. The lowest BCUT2D eigenvalue weighted by molar-refractivity contribution is 1.59. The molecule has 0 heterocycles. The van der Waals surface area contributed by atoms with Gasteiger partial charge in [-0.2, -0.15) is 0 Å². The topological polar surface area (TPSA) is 0 Å². The van der Waals surface area contributed by atoms with Crippen molar-refractivity contribution in [2.45, 2.75) is 0 Å². The molecule has 10 aromatic rings. The summed E-state index contributed by atoms with van der Waals surface area (Å²) in [5.74, 6) is 0. The molecule has 0 bridgehead atoms. The predicted octanol–water partition coefficient (Wildman–Crippen LogP) is 13.6. The van der Waals surface area contributed by atoms with E-state index in [1.807, 2.05) is 0 Å². The third-order valence-corrected chi connectivity index (χ3v) is 11.3. The van der Waals surface area contributed by atoms with Crippen molar-refractivity contribution in [1.82, 2.24) is 0 Å². The minimum absolute atomic E-state index is 1.23. The molecule has 12 rings (SSSR count). The Bertz CT molecular complexity index is 3090. The molecular formula is C48H26. The van der Waals surface area contributed by atoms with Gasteiger partial charge in [0.05, 0.1) is 0 Å². The quantitative estimate of drug-likeness (QED) is 0.177. The lowest BCUT2D eigenvalue weighted by Gasteiger charge is -2.15. The molecule has 0 aliphatic heterocycles. The number of hydrogen-bond acceptors (Lipinski definition) is 0. The van der Waals surface area contributed by atoms with Crippen LogP contribution in [0.1, 0.15) is 0 Å². The van der Waals surface area contributed by atoms with E-state index in [2.05, 4.69) is 158 Å². The second-order valence-electron chi connectivity index (χ2n) is 13.6. The second-order valence-corrected chi connectivity index (χ2v) is 13.6. The van der Waals surface area contributed by atoms with Gasteiger partial charge in [0.15, 0.2) is 0 Å². The molecule has 0 heteroatoms. The van der Waals surface area contributed by atoms with Gasteiger partial charge in [-0.15, -0.1) is 0 Å². The SMILES string of the molecule is c1ccc(-c2ccc3c4c2ccc2ccc5cccc-3c5c24)c(-c2ccc(-c3ccc4c5c3ccc3ccc6cccc-4c6c35)cc2)c1. The normalized spacial score (nSPS) is 12.6. The third kappa shape index (κ3) is 3.01. The molecule has 0 amide bonds. The average Bonchev–Trinajstić information content (AvgIpc) is 3.68. The molecular weight excluding hydrogens is 577 g/mol. The van der Waals surface area contributed by atoms with E-state index in [0.29, 0.717) is 0 Å². The highest BCUT2D eigenvalue weighted by Gasteiger charge is 2.24. The Balaban J connectivity index is 1.01. The van der Waals surface area contributed by atoms with Crippen LogP contribution in [0.3, 0.4) is 0 Å². The first kappa shape index (κ1) is 24.9. The number of rotatable bonds is 3. The zero-order valence-corrected chi connectivity index (χ0v) is 26.0. The van der Waals surface area contributed by atoms with Gasteiger partial charge in [-0.3, -0.25) is 0 Å². The fraction of sp³-hybridized carbons (Fsp3) is 0. The Labute approximate surface area is 277 Å². The summed E-state index contributed by atoms with van der Waals surface area (Å²) >= 11 is 0. The van der Waals surface area contributed by atoms with Crippen LogP contribution in [0.2, 0.25) is 0 Å². The zero-order valence-electron chi connectivity index (χ0n) is 26.0. The molecule has 0 fully saturated rings. The summed E-state index contributed by atoms with van der Waals surface area (Å²) in [5, 5.41) is 16.3. The van der Waals surface area contributed by atoms with Gasteiger partial charge in [0.1, 0.15) is 0 Å². The van der Waals surface area contributed by atoms with Crippen molar-refractivity contribution in [3.8, 4) is 55.6 Å². The van der Waals surface area contributed by atoms with Crippen LogP contribution >= 0.6 is 0 Å². The molecule has 0 nitrogen and oxygen atoms in total. The second kappa shape index (κ2) is 8.76. The summed E-state index contributed by atoms with van der Waals surface area (Å²) in [6.07, 6.45) is 0. The lowest BCUT2D eigenvalue weighted by atomic mass is 9.88. The molecule has 0 saturated carbocycles. The summed E-state index contributed by atoms with van der Waals surface area (Å²) in [6, 6.07) is 59.3. The Hall–Kier alpha value is -6.24. The Kier molecular flexibility index (Phi) is 4.55. The maximum atomic E-state index is 2.35. The van der Waals surface area contributed by atoms with Crippen LogP contribution < -0.4 is 0 Å². The van der Waals surface area contributed by atoms with Gasteiger partial charge < -0.3 is 0 Å². The molecule has 0 radical (unpaired) electrons. The number of benzene rings is 10. The minimum Gasteiger partial charge on any atom is -0.0616 e. The van der Waals surface area contributed by atoms with Crippen molar-refractivity contribution >= 4 is 64.6 Å². The summed E-state index contributed by atoms with van der Waals surface area (Å²) in [4.78, 5) is 0. The molecule has 0 atom stereocenters. The summed E-state index contributed by atoms with van der Waals surface area (Å²) in [7, 11) is 0. The van der Waals surface area contributed by atoms with Gasteiger partial charge in [0, 0.05) is 0 Å². The molecule has 0 aromatic heterocycles. The van der Waals surface area contributed by atoms with Crippen LogP contribution in [0.4, 0.5) is 0 Å². The van der Waals surface area contributed by atoms with Gasteiger partial charge in [-0.1, -0.05) is 158 Å². The van der Waals surface area contributed by atoms with E-state index in [-0.39, 0.29) is 0 Å². The highest BCUT2D eigenvalue weighted by Crippen LogP contribution is 2.51. The van der Waals surface area contributed by atoms with Gasteiger partial charge in [-0.25, -0.2) is 0 Å². The van der Waals surface area contributed by atoms with Crippen molar-refractivity contribution < 1.29 is 0 Å². The average molecular weight is 603 g/mol. The van der Waals surface area contributed by atoms with Gasteiger partial charge in [0.25, 0.3) is 0 Å². The van der Waals surface area contributed by atoms with E-state index in [0.717, 1.165) is 0 Å². The predicted molar refractivity (Wildman–Crippen MR) is 206 cm³/mol. The van der Waals surface area contributed by atoms with Gasteiger partial charge in [0.2, 0.25) is 0 Å². The molecule has 0 spiro atoms. The van der Waals surface area contributed by atoms with E-state index in [1.165, 1.54) is 120 Å². The Morgan fingerprint density at radius 1 is 0.188 bits per heavy atom. The molecule has 10 aromatic carbocycles. The van der Waals surface area contributed by atoms with E-state index in [1.54, 1.807) is 0 Å². The molecule has 0 N–H and O–H groups in total. The van der Waals surface area contributed by atoms with Crippen LogP contribution in [-0.4, -0.2) is 0 Å². The van der Waals surface area contributed by atoms with E-state index in [9.17, 15) is 0 Å². The first-order chi connectivity index (χ1) is 23.8. The van der Waals surface area contributed by atoms with Crippen molar-refractivity contribution in [1.29, 1.82) is 0 Å². The molecule has 218 valence electrons. The number of fused-ring (bicyclic) bond motifs is 2. The van der Waals surface area contributed by atoms with Gasteiger partial charge >= 0.3 is 0 Å². The summed E-state index contributed by atoms with van der Waals surface area (Å²) in [6.45, 7) is 0. The van der Waals surface area contributed by atoms with Crippen molar-refractivity contribution in [2.75, 3.05) is 0 Å². The van der Waals surface area contributed by atoms with Crippen LogP contribution in [-0.2, 0) is 0 Å². The highest BCUT2D eigenvalue weighted by atomic mass is 14.3. The monoisotopic (exact) mass is 602 g/mol. The van der Waals surface area contributed by atoms with Crippen LogP contribution in [0.5, 0.6) is 0 Å². The standard InChI is InChI=1S/C48H26/c1-2-8-35(36-24-26-42-38-10-4-6-30-16-18-32-20-22-40(36)48(42)46(32)44(30)38)33(7-1)27-11-13-28(14-12-27)34-23-25-41-37-9-3-5-29-15-17-31-19-21-39(34)47(41)45(31)43(29)37/h1-26H. The molecule has 2 aliphatic carbocycles. The summed E-state index contributed by atoms with van der Waals surface area (Å²) < 4.78 is 0. The first-order valence-electron chi connectivity index (χ1n) is 16.9. The third-order valence-electron chi connectivity index (χ3n) is 11.3. The van der Waals surface area contributed by atoms with Crippen LogP contribution in [0.25, 0.3) is 120 Å². The number of hydrogen-bond donors (Lipinski definition) is 0. The highest BCUT2D eigenvalue weighted by molar-refractivity contribution is 6.35. The summed E-state index contributed by atoms with van der Waals surface area (Å²) in [5.41, 5.74) is 13.0. The van der Waals surface area contributed by atoms with Gasteiger partial charge in [-0.05, 0) is 120 Å². The van der Waals surface area contributed by atoms with E-state index in [4.69, 9.17) is 0 Å². The van der Waals surface area contributed by atoms with Crippen molar-refractivity contribution in [2.24, 2.45) is 0 Å².